The summed E-state index contributed by atoms with van der Waals surface area (Å²) in [4.78, 5) is 2.89. The summed E-state index contributed by atoms with van der Waals surface area (Å²) in [7, 11) is -6.75. The van der Waals surface area contributed by atoms with E-state index in [1.165, 1.54) is 5.56 Å². The fourth-order valence-corrected chi connectivity index (χ4v) is 10.2. The average Bonchev–Trinajstić information content (AvgIpc) is 2.92. The molecule has 0 fully saturated rings. The Hall–Kier alpha value is -2.86. The molecule has 188 valence electrons. The molecule has 0 amide bonds. The normalized spacial score (nSPS) is 12.4. The molecule has 0 aromatic heterocycles. The summed E-state index contributed by atoms with van der Waals surface area (Å²) in [5.41, 5.74) is 4.51. The summed E-state index contributed by atoms with van der Waals surface area (Å²) >= 11 is 0. The molecule has 4 aromatic carbocycles. The molecule has 0 radical (unpaired) electrons. The molecule has 5 heteroatoms. The van der Waals surface area contributed by atoms with E-state index in [9.17, 15) is 8.42 Å². The summed E-state index contributed by atoms with van der Waals surface area (Å²) < 4.78 is 34.6. The van der Waals surface area contributed by atoms with Crippen LogP contribution in [0.5, 0.6) is 0 Å². The van der Waals surface area contributed by atoms with Crippen molar-refractivity contribution in [1.29, 1.82) is 0 Å². The Morgan fingerprint density at radius 1 is 0.611 bits per heavy atom. The van der Waals surface area contributed by atoms with Crippen LogP contribution in [0, 0.1) is 6.92 Å². The molecule has 0 heterocycles. The first kappa shape index (κ1) is 26.2. The third-order valence-electron chi connectivity index (χ3n) is 6.41. The Balaban J connectivity index is 2.13. The quantitative estimate of drug-likeness (QED) is 0.224. The van der Waals surface area contributed by atoms with E-state index >= 15 is 0 Å². The van der Waals surface area contributed by atoms with Gasteiger partial charge in [-0.15, -0.1) is 0 Å². The Bertz CT molecular complexity index is 1350. The van der Waals surface area contributed by atoms with Crippen molar-refractivity contribution in [2.45, 2.75) is 66.5 Å². The lowest BCUT2D eigenvalue weighted by atomic mass is 10.0. The van der Waals surface area contributed by atoms with Crippen LogP contribution >= 0.6 is 10.3 Å². The van der Waals surface area contributed by atoms with Crippen molar-refractivity contribution >= 4 is 20.4 Å². The van der Waals surface area contributed by atoms with Gasteiger partial charge in [0.1, 0.15) is 0 Å². The molecule has 4 rings (SSSR count). The van der Waals surface area contributed by atoms with Gasteiger partial charge < -0.3 is 0 Å². The number of benzene rings is 4. The van der Waals surface area contributed by atoms with Crippen molar-refractivity contribution < 1.29 is 12.0 Å². The Morgan fingerprint density at radius 3 is 1.50 bits per heavy atom. The van der Waals surface area contributed by atoms with E-state index in [-0.39, 0.29) is 4.90 Å². The smallest absolute Gasteiger partial charge is 0.203 e. The van der Waals surface area contributed by atoms with E-state index in [0.717, 1.165) is 50.6 Å². The van der Waals surface area contributed by atoms with Gasteiger partial charge >= 0.3 is 10.1 Å². The lowest BCUT2D eigenvalue weighted by molar-refractivity contribution is 0.507. The van der Waals surface area contributed by atoms with Gasteiger partial charge in [-0.2, -0.15) is 8.42 Å². The lowest BCUT2D eigenvalue weighted by Gasteiger charge is -2.42. The maximum absolute atomic E-state index is 14.0. The zero-order chi connectivity index (χ0) is 25.8. The molecule has 0 spiro atoms. The predicted octanol–water partition coefficient (Wildman–Crippen LogP) is 8.28. The van der Waals surface area contributed by atoms with E-state index in [4.69, 9.17) is 3.63 Å². The maximum Gasteiger partial charge on any atom is 0.307 e. The van der Waals surface area contributed by atoms with E-state index in [1.54, 1.807) is 12.1 Å². The molecule has 36 heavy (non-hydrogen) atoms. The highest BCUT2D eigenvalue weighted by Gasteiger charge is 2.40. The highest BCUT2D eigenvalue weighted by Crippen LogP contribution is 2.72. The second kappa shape index (κ2) is 11.0. The van der Waals surface area contributed by atoms with Crippen molar-refractivity contribution in [2.75, 3.05) is 0 Å². The molecule has 0 aliphatic carbocycles. The van der Waals surface area contributed by atoms with Crippen LogP contribution in [0.4, 0.5) is 0 Å². The van der Waals surface area contributed by atoms with Crippen LogP contribution in [0.15, 0.2) is 117 Å². The van der Waals surface area contributed by atoms with Crippen molar-refractivity contribution in [3.63, 3.8) is 0 Å². The van der Waals surface area contributed by atoms with Gasteiger partial charge in [0.25, 0.3) is 0 Å². The Kier molecular flexibility index (Phi) is 8.04. The summed E-state index contributed by atoms with van der Waals surface area (Å²) in [5, 5.41) is 0. The molecule has 0 atom stereocenters. The Morgan fingerprint density at radius 2 is 1.08 bits per heavy atom. The van der Waals surface area contributed by atoms with Gasteiger partial charge in [0, 0.05) is 14.7 Å². The third kappa shape index (κ3) is 5.01. The van der Waals surface area contributed by atoms with Gasteiger partial charge in [0.2, 0.25) is 0 Å². The summed E-state index contributed by atoms with van der Waals surface area (Å²) in [5.74, 6) is 0. The second-order valence-corrected chi connectivity index (χ2v) is 13.2. The SMILES string of the molecule is CCc1cc(CC)c(S(OS(=O)(=O)c2ccc(C)cc2)(c2ccccc2)c2ccccc2)c(CC)c1. The lowest BCUT2D eigenvalue weighted by Crippen LogP contribution is -2.17. The molecule has 0 unspecified atom stereocenters. The van der Waals surface area contributed by atoms with E-state index in [1.807, 2.05) is 79.7 Å². The van der Waals surface area contributed by atoms with Crippen LogP contribution in [-0.2, 0) is 33.0 Å². The van der Waals surface area contributed by atoms with Gasteiger partial charge in [-0.25, -0.2) is 3.63 Å². The highest BCUT2D eigenvalue weighted by atomic mass is 32.3. The van der Waals surface area contributed by atoms with Crippen molar-refractivity contribution in [2.24, 2.45) is 0 Å². The number of hydrogen-bond acceptors (Lipinski definition) is 3. The largest absolute Gasteiger partial charge is 0.307 e. The van der Waals surface area contributed by atoms with E-state index in [0.29, 0.717) is 0 Å². The minimum absolute atomic E-state index is 0.165. The van der Waals surface area contributed by atoms with Crippen LogP contribution in [0.2, 0.25) is 0 Å². The fraction of sp³-hybridized carbons (Fsp3) is 0.226. The molecule has 0 saturated carbocycles. The molecular weight excluding hydrogens is 484 g/mol. The number of hydrogen-bond donors (Lipinski definition) is 0. The van der Waals surface area contributed by atoms with Gasteiger partial charge in [0.15, 0.2) is 0 Å². The van der Waals surface area contributed by atoms with Crippen molar-refractivity contribution in [3.8, 4) is 0 Å². The van der Waals surface area contributed by atoms with Gasteiger partial charge in [-0.1, -0.05) is 87.0 Å². The van der Waals surface area contributed by atoms with Crippen LogP contribution < -0.4 is 0 Å². The van der Waals surface area contributed by atoms with Crippen molar-refractivity contribution in [3.05, 3.63) is 119 Å². The van der Waals surface area contributed by atoms with E-state index < -0.39 is 20.4 Å². The molecule has 0 N–H and O–H groups in total. The van der Waals surface area contributed by atoms with Gasteiger partial charge in [0.05, 0.1) is 4.90 Å². The highest BCUT2D eigenvalue weighted by molar-refractivity contribution is 8.33. The standard InChI is InChI=1S/C31H34O3S2/c1-5-25-22-26(6-2)31(27(7-3)23-25)35(28-14-10-8-11-15-28,29-16-12-9-13-17-29)34-36(32,33)30-20-18-24(4)19-21-30/h8-23H,5-7H2,1-4H3. The van der Waals surface area contributed by atoms with Crippen LogP contribution in [0.25, 0.3) is 0 Å². The Labute approximate surface area is 217 Å². The topological polar surface area (TPSA) is 43.4 Å². The monoisotopic (exact) mass is 518 g/mol. The maximum atomic E-state index is 14.0. The summed E-state index contributed by atoms with van der Waals surface area (Å²) in [6.07, 6.45) is 2.47. The predicted molar refractivity (Wildman–Crippen MR) is 149 cm³/mol. The molecule has 3 nitrogen and oxygen atoms in total. The molecule has 0 saturated heterocycles. The first-order valence-electron chi connectivity index (χ1n) is 12.5. The van der Waals surface area contributed by atoms with Crippen molar-refractivity contribution in [1.82, 2.24) is 0 Å². The molecule has 4 aromatic rings. The van der Waals surface area contributed by atoms with E-state index in [2.05, 4.69) is 32.9 Å². The van der Waals surface area contributed by atoms with Crippen LogP contribution in [0.3, 0.4) is 0 Å². The fourth-order valence-electron chi connectivity index (χ4n) is 4.51. The van der Waals surface area contributed by atoms with Crippen LogP contribution in [0.1, 0.15) is 43.0 Å². The number of aryl methyl sites for hydroxylation is 4. The van der Waals surface area contributed by atoms with Gasteiger partial charge in [-0.05, 0) is 89.6 Å². The third-order valence-corrected chi connectivity index (χ3v) is 11.8. The molecular formula is C31H34O3S2. The van der Waals surface area contributed by atoms with Crippen LogP contribution in [-0.4, -0.2) is 8.42 Å². The summed E-state index contributed by atoms with van der Waals surface area (Å²) in [6, 6.07) is 31.1. The first-order valence-corrected chi connectivity index (χ1v) is 15.4. The molecule has 0 aliphatic rings. The zero-order valence-electron chi connectivity index (χ0n) is 21.4. The number of rotatable bonds is 9. The minimum atomic E-state index is -4.11. The average molecular weight is 519 g/mol. The van der Waals surface area contributed by atoms with Gasteiger partial charge in [-0.3, -0.25) is 0 Å². The minimum Gasteiger partial charge on any atom is -0.203 e. The second-order valence-electron chi connectivity index (χ2n) is 8.82. The summed E-state index contributed by atoms with van der Waals surface area (Å²) in [6.45, 7) is 8.36. The molecule has 0 bridgehead atoms. The zero-order valence-corrected chi connectivity index (χ0v) is 23.0. The molecule has 0 aliphatic heterocycles. The first-order chi connectivity index (χ1) is 17.4.